The van der Waals surface area contributed by atoms with Gasteiger partial charge < -0.3 is 9.47 Å². The summed E-state index contributed by atoms with van der Waals surface area (Å²) in [6.45, 7) is 0.969. The number of nitriles is 1. The highest BCUT2D eigenvalue weighted by Crippen LogP contribution is 2.34. The van der Waals surface area contributed by atoms with Crippen molar-refractivity contribution in [1.82, 2.24) is 14.9 Å². The third kappa shape index (κ3) is 4.10. The molecule has 2 fully saturated rings. The number of rotatable bonds is 4. The number of ether oxygens (including phenoxy) is 2. The lowest BCUT2D eigenvalue weighted by Gasteiger charge is -2.47. The first-order valence-electron chi connectivity index (χ1n) is 9.49. The van der Waals surface area contributed by atoms with Crippen molar-refractivity contribution >= 4 is 11.9 Å². The van der Waals surface area contributed by atoms with E-state index >= 15 is 0 Å². The molecule has 0 saturated carbocycles. The van der Waals surface area contributed by atoms with E-state index in [0.29, 0.717) is 31.6 Å². The highest BCUT2D eigenvalue weighted by molar-refractivity contribution is 5.97. The number of hydrogen-bond donors (Lipinski definition) is 0. The standard InChI is InChI=1S/C21H20N4O4/c22-8-19-23-9-16(10-24-19)20(26)15-6-17-12-28-13-18(7-15)25(17)21(27)29-11-14-4-2-1-3-5-14/h1-5,9-10,15,17-18H,6-7,11-13H2. The second-order valence-corrected chi connectivity index (χ2v) is 7.23. The van der Waals surface area contributed by atoms with Crippen LogP contribution in [0.3, 0.4) is 0 Å². The second kappa shape index (κ2) is 8.37. The summed E-state index contributed by atoms with van der Waals surface area (Å²) in [6.07, 6.45) is 3.40. The Kier molecular flexibility index (Phi) is 5.49. The van der Waals surface area contributed by atoms with E-state index in [-0.39, 0.29) is 42.3 Å². The average Bonchev–Trinajstić information content (AvgIpc) is 2.77. The summed E-state index contributed by atoms with van der Waals surface area (Å²) in [4.78, 5) is 35.1. The van der Waals surface area contributed by atoms with Crippen LogP contribution in [0.4, 0.5) is 4.79 Å². The Balaban J connectivity index is 1.42. The molecule has 2 saturated heterocycles. The van der Waals surface area contributed by atoms with Crippen LogP contribution in [0.5, 0.6) is 0 Å². The number of morpholine rings is 1. The number of hydrogen-bond acceptors (Lipinski definition) is 7. The van der Waals surface area contributed by atoms with Gasteiger partial charge in [-0.1, -0.05) is 30.3 Å². The monoisotopic (exact) mass is 392 g/mol. The minimum absolute atomic E-state index is 0.0304. The normalized spacial score (nSPS) is 23.1. The van der Waals surface area contributed by atoms with Gasteiger partial charge in [-0.05, 0) is 18.4 Å². The summed E-state index contributed by atoms with van der Waals surface area (Å²) in [7, 11) is 0. The molecule has 0 spiro atoms. The van der Waals surface area contributed by atoms with Crippen molar-refractivity contribution in [2.45, 2.75) is 31.5 Å². The minimum Gasteiger partial charge on any atom is -0.445 e. The lowest BCUT2D eigenvalue weighted by molar-refractivity contribution is -0.0755. The molecule has 2 aromatic rings. The van der Waals surface area contributed by atoms with Crippen molar-refractivity contribution in [2.75, 3.05) is 13.2 Å². The fraction of sp³-hybridized carbons (Fsp3) is 0.381. The third-order valence-corrected chi connectivity index (χ3v) is 5.34. The molecule has 0 aliphatic carbocycles. The zero-order valence-corrected chi connectivity index (χ0v) is 15.7. The van der Waals surface area contributed by atoms with E-state index in [4.69, 9.17) is 14.7 Å². The van der Waals surface area contributed by atoms with Gasteiger partial charge in [0, 0.05) is 18.3 Å². The van der Waals surface area contributed by atoms with Gasteiger partial charge in [0.2, 0.25) is 5.82 Å². The number of piperidine rings is 1. The van der Waals surface area contributed by atoms with Crippen molar-refractivity contribution < 1.29 is 19.1 Å². The number of ketones is 1. The summed E-state index contributed by atoms with van der Waals surface area (Å²) >= 11 is 0. The Bertz CT molecular complexity index is 912. The number of Topliss-reactive ketones (excluding diaryl/α,β-unsaturated/α-hetero) is 1. The topological polar surface area (TPSA) is 105 Å². The van der Waals surface area contributed by atoms with Gasteiger partial charge in [-0.15, -0.1) is 0 Å². The van der Waals surface area contributed by atoms with E-state index in [0.717, 1.165) is 5.56 Å². The van der Waals surface area contributed by atoms with E-state index in [1.807, 2.05) is 36.4 Å². The van der Waals surface area contributed by atoms with Gasteiger partial charge >= 0.3 is 6.09 Å². The van der Waals surface area contributed by atoms with Crippen molar-refractivity contribution in [1.29, 1.82) is 5.26 Å². The maximum atomic E-state index is 12.9. The summed E-state index contributed by atoms with van der Waals surface area (Å²) in [5.41, 5.74) is 1.31. The SMILES string of the molecule is N#Cc1ncc(C(=O)C2CC3COCC(C2)N3C(=O)OCc2ccccc2)cn1. The highest BCUT2D eigenvalue weighted by atomic mass is 16.6. The van der Waals surface area contributed by atoms with Gasteiger partial charge in [0.15, 0.2) is 5.78 Å². The minimum atomic E-state index is -0.375. The van der Waals surface area contributed by atoms with E-state index in [9.17, 15) is 9.59 Å². The molecule has 2 atom stereocenters. The number of carbonyl (C=O) groups excluding carboxylic acids is 2. The molecule has 4 rings (SSSR count). The molecule has 0 radical (unpaired) electrons. The van der Waals surface area contributed by atoms with Crippen LogP contribution in [0.1, 0.15) is 34.6 Å². The zero-order valence-electron chi connectivity index (χ0n) is 15.7. The van der Waals surface area contributed by atoms with Crippen molar-refractivity contribution in [3.05, 3.63) is 59.7 Å². The summed E-state index contributed by atoms with van der Waals surface area (Å²) < 4.78 is 11.1. The fourth-order valence-electron chi connectivity index (χ4n) is 3.97. The lowest BCUT2D eigenvalue weighted by Crippen LogP contribution is -2.59. The molecule has 148 valence electrons. The van der Waals surface area contributed by atoms with E-state index in [2.05, 4.69) is 9.97 Å². The number of amides is 1. The summed E-state index contributed by atoms with van der Waals surface area (Å²) in [6, 6.07) is 10.9. The van der Waals surface area contributed by atoms with Crippen LogP contribution in [0, 0.1) is 17.2 Å². The van der Waals surface area contributed by atoms with Gasteiger partial charge in [0.1, 0.15) is 12.7 Å². The molecule has 2 bridgehead atoms. The van der Waals surface area contributed by atoms with Crippen LogP contribution >= 0.6 is 0 Å². The Labute approximate surface area is 168 Å². The molecule has 2 aliphatic heterocycles. The first kappa shape index (κ1) is 19.0. The fourth-order valence-corrected chi connectivity index (χ4v) is 3.97. The van der Waals surface area contributed by atoms with Crippen LogP contribution in [-0.4, -0.2) is 52.0 Å². The van der Waals surface area contributed by atoms with Crippen LogP contribution in [0.25, 0.3) is 0 Å². The summed E-state index contributed by atoms with van der Waals surface area (Å²) in [5, 5.41) is 8.80. The first-order chi connectivity index (χ1) is 14.2. The molecule has 1 aromatic heterocycles. The largest absolute Gasteiger partial charge is 0.445 e. The molecule has 2 aliphatic rings. The first-order valence-corrected chi connectivity index (χ1v) is 9.49. The second-order valence-electron chi connectivity index (χ2n) is 7.23. The van der Waals surface area contributed by atoms with Crippen molar-refractivity contribution in [2.24, 2.45) is 5.92 Å². The molecular weight excluding hydrogens is 372 g/mol. The number of nitrogens with zero attached hydrogens (tertiary/aromatic N) is 4. The van der Waals surface area contributed by atoms with Gasteiger partial charge in [-0.2, -0.15) is 5.26 Å². The predicted octanol–water partition coefficient (Wildman–Crippen LogP) is 2.35. The molecule has 0 N–H and O–H groups in total. The highest BCUT2D eigenvalue weighted by Gasteiger charge is 2.44. The number of fused-ring (bicyclic) bond motifs is 2. The average molecular weight is 392 g/mol. The quantitative estimate of drug-likeness (QED) is 0.735. The number of aromatic nitrogens is 2. The third-order valence-electron chi connectivity index (χ3n) is 5.34. The molecule has 8 nitrogen and oxygen atoms in total. The lowest BCUT2D eigenvalue weighted by atomic mass is 9.81. The van der Waals surface area contributed by atoms with Crippen LogP contribution in [-0.2, 0) is 16.1 Å². The van der Waals surface area contributed by atoms with Crippen LogP contribution in [0.15, 0.2) is 42.7 Å². The van der Waals surface area contributed by atoms with E-state index < -0.39 is 0 Å². The van der Waals surface area contributed by atoms with E-state index in [1.54, 1.807) is 4.90 Å². The molecule has 29 heavy (non-hydrogen) atoms. The van der Waals surface area contributed by atoms with Gasteiger partial charge in [-0.25, -0.2) is 14.8 Å². The maximum absolute atomic E-state index is 12.9. The molecule has 2 unspecified atom stereocenters. The molecule has 3 heterocycles. The zero-order chi connectivity index (χ0) is 20.2. The smallest absolute Gasteiger partial charge is 0.410 e. The molecule has 8 heteroatoms. The Hall–Kier alpha value is -3.31. The predicted molar refractivity (Wildman–Crippen MR) is 101 cm³/mol. The van der Waals surface area contributed by atoms with Crippen molar-refractivity contribution in [3.63, 3.8) is 0 Å². The molecule has 1 amide bonds. The van der Waals surface area contributed by atoms with Gasteiger partial charge in [-0.3, -0.25) is 9.69 Å². The van der Waals surface area contributed by atoms with Crippen LogP contribution in [0.2, 0.25) is 0 Å². The Morgan fingerprint density at radius 1 is 1.14 bits per heavy atom. The maximum Gasteiger partial charge on any atom is 0.410 e. The number of benzene rings is 1. The van der Waals surface area contributed by atoms with E-state index in [1.165, 1.54) is 12.4 Å². The summed E-state index contributed by atoms with van der Waals surface area (Å²) in [5.74, 6) is -0.282. The Morgan fingerprint density at radius 3 is 2.41 bits per heavy atom. The van der Waals surface area contributed by atoms with Crippen molar-refractivity contribution in [3.8, 4) is 6.07 Å². The molecular formula is C21H20N4O4. The Morgan fingerprint density at radius 2 is 1.79 bits per heavy atom. The molecule has 1 aromatic carbocycles. The van der Waals surface area contributed by atoms with Gasteiger partial charge in [0.25, 0.3) is 0 Å². The van der Waals surface area contributed by atoms with Gasteiger partial charge in [0.05, 0.1) is 30.9 Å². The number of carbonyl (C=O) groups is 2. The van der Waals surface area contributed by atoms with Crippen LogP contribution < -0.4 is 0 Å².